The third-order valence-electron chi connectivity index (χ3n) is 4.63. The highest BCUT2D eigenvalue weighted by Gasteiger charge is 2.43. The molecule has 29 heavy (non-hydrogen) atoms. The predicted octanol–water partition coefficient (Wildman–Crippen LogP) is 1.09. The van der Waals surface area contributed by atoms with Crippen LogP contribution in [0.15, 0.2) is 35.6 Å². The molecule has 2 aliphatic rings. The van der Waals surface area contributed by atoms with Gasteiger partial charge in [0.25, 0.3) is 5.06 Å². The van der Waals surface area contributed by atoms with Crippen LogP contribution in [0.2, 0.25) is 0 Å². The molecule has 0 amide bonds. The van der Waals surface area contributed by atoms with Gasteiger partial charge in [-0.1, -0.05) is 22.9 Å². The number of aliphatic hydroxyl groups is 3. The van der Waals surface area contributed by atoms with Crippen molar-refractivity contribution in [3.8, 4) is 0 Å². The lowest BCUT2D eigenvalue weighted by Crippen LogP contribution is -2.36. The number of nitrogens with two attached hydrogens (primary N) is 1. The van der Waals surface area contributed by atoms with E-state index in [0.29, 0.717) is 11.6 Å². The van der Waals surface area contributed by atoms with Gasteiger partial charge in [-0.05, 0) is 28.5 Å². The quantitative estimate of drug-likeness (QED) is 0.329. The number of ether oxygens (including phenoxy) is 1. The summed E-state index contributed by atoms with van der Waals surface area (Å²) >= 11 is 0. The SMILES string of the molecule is NC1=NC(O)(SSCc2ccc(F)cc2)c2ncn([C@H]3C[C@H](O)[C@@H](CO)O3)c2N1. The predicted molar refractivity (Wildman–Crippen MR) is 108 cm³/mol. The summed E-state index contributed by atoms with van der Waals surface area (Å²) in [5.41, 5.74) is 7.03. The van der Waals surface area contributed by atoms with Crippen molar-refractivity contribution >= 4 is 33.4 Å². The lowest BCUT2D eigenvalue weighted by atomic mass is 10.2. The van der Waals surface area contributed by atoms with Gasteiger partial charge in [-0.15, -0.1) is 0 Å². The Balaban J connectivity index is 1.51. The Labute approximate surface area is 173 Å². The van der Waals surface area contributed by atoms with Gasteiger partial charge in [-0.3, -0.25) is 4.57 Å². The molecule has 2 aliphatic heterocycles. The second-order valence-electron chi connectivity index (χ2n) is 6.67. The summed E-state index contributed by atoms with van der Waals surface area (Å²) in [5, 5.41) is 31.5. The van der Waals surface area contributed by atoms with Gasteiger partial charge in [-0.2, -0.15) is 0 Å². The number of halogens is 1. The van der Waals surface area contributed by atoms with E-state index in [1.165, 1.54) is 29.3 Å². The first-order valence-electron chi connectivity index (χ1n) is 8.81. The maximum Gasteiger partial charge on any atom is 0.265 e. The molecule has 0 bridgehead atoms. The van der Waals surface area contributed by atoms with Crippen LogP contribution in [0, 0.1) is 5.82 Å². The number of fused-ring (bicyclic) bond motifs is 1. The van der Waals surface area contributed by atoms with E-state index in [-0.39, 0.29) is 30.5 Å². The summed E-state index contributed by atoms with van der Waals surface area (Å²) in [6.45, 7) is -0.300. The first-order chi connectivity index (χ1) is 13.9. The fraction of sp³-hybridized carbons (Fsp3) is 0.412. The standard InChI is InChI=1S/C17H20FN5O4S2/c18-10-3-1-9(2-4-10)7-28-29-17(26)14-15(21-16(19)22-17)23(8-20-14)13-5-11(25)12(6-24)27-13/h1-4,8,11-13,24-26H,5-7H2,(H3,19,21,22)/t11-,12+,13+,17?/m0/s1. The molecule has 4 rings (SSSR count). The zero-order valence-electron chi connectivity index (χ0n) is 15.1. The molecule has 2 aromatic rings. The molecule has 156 valence electrons. The summed E-state index contributed by atoms with van der Waals surface area (Å²) in [7, 11) is 2.40. The first kappa shape index (κ1) is 20.4. The van der Waals surface area contributed by atoms with Gasteiger partial charge >= 0.3 is 0 Å². The van der Waals surface area contributed by atoms with Crippen LogP contribution < -0.4 is 11.1 Å². The van der Waals surface area contributed by atoms with Gasteiger partial charge in [0.05, 0.1) is 19.0 Å². The third-order valence-corrected chi connectivity index (χ3v) is 7.12. The zero-order valence-corrected chi connectivity index (χ0v) is 16.7. The van der Waals surface area contributed by atoms with Crippen molar-refractivity contribution in [2.75, 3.05) is 11.9 Å². The number of benzene rings is 1. The molecule has 9 nitrogen and oxygen atoms in total. The monoisotopic (exact) mass is 441 g/mol. The molecule has 1 aromatic heterocycles. The van der Waals surface area contributed by atoms with Crippen LogP contribution in [0.3, 0.4) is 0 Å². The molecular weight excluding hydrogens is 421 g/mol. The van der Waals surface area contributed by atoms with Gasteiger partial charge < -0.3 is 31.1 Å². The van der Waals surface area contributed by atoms with Crippen molar-refractivity contribution in [3.05, 3.63) is 47.7 Å². The van der Waals surface area contributed by atoms with Crippen LogP contribution in [0.25, 0.3) is 0 Å². The second kappa shape index (κ2) is 8.13. The fourth-order valence-electron chi connectivity index (χ4n) is 3.18. The Hall–Kier alpha value is -1.83. The highest BCUT2D eigenvalue weighted by atomic mass is 33.1. The number of hydrogen-bond donors (Lipinski definition) is 5. The molecule has 4 atom stereocenters. The number of rotatable bonds is 6. The van der Waals surface area contributed by atoms with Gasteiger partial charge in [-0.25, -0.2) is 14.4 Å². The topological polar surface area (TPSA) is 138 Å². The van der Waals surface area contributed by atoms with Crippen molar-refractivity contribution < 1.29 is 24.4 Å². The molecule has 1 aromatic carbocycles. The van der Waals surface area contributed by atoms with E-state index in [4.69, 9.17) is 10.5 Å². The Morgan fingerprint density at radius 3 is 2.83 bits per heavy atom. The number of anilines is 1. The number of hydrogen-bond acceptors (Lipinski definition) is 10. The van der Waals surface area contributed by atoms with Gasteiger partial charge in [0.15, 0.2) is 5.96 Å². The van der Waals surface area contributed by atoms with E-state index in [9.17, 15) is 19.7 Å². The van der Waals surface area contributed by atoms with Crippen LogP contribution in [-0.2, 0) is 15.5 Å². The Kier molecular flexibility index (Phi) is 5.73. The molecule has 0 aliphatic carbocycles. The molecule has 1 unspecified atom stereocenters. The first-order valence-corrected chi connectivity index (χ1v) is 11.1. The van der Waals surface area contributed by atoms with Crippen LogP contribution in [0.1, 0.15) is 23.9 Å². The highest BCUT2D eigenvalue weighted by molar-refractivity contribution is 8.76. The van der Waals surface area contributed by atoms with Crippen LogP contribution in [0.4, 0.5) is 10.2 Å². The Morgan fingerprint density at radius 2 is 2.14 bits per heavy atom. The summed E-state index contributed by atoms with van der Waals surface area (Å²) in [6.07, 6.45) is -0.334. The van der Waals surface area contributed by atoms with E-state index in [0.717, 1.165) is 16.4 Å². The van der Waals surface area contributed by atoms with Crippen molar-refractivity contribution in [1.82, 2.24) is 9.55 Å². The van der Waals surface area contributed by atoms with Crippen molar-refractivity contribution in [2.24, 2.45) is 10.7 Å². The van der Waals surface area contributed by atoms with E-state index in [1.54, 1.807) is 16.7 Å². The van der Waals surface area contributed by atoms with Crippen LogP contribution in [-0.4, -0.2) is 49.6 Å². The molecule has 1 saturated heterocycles. The lowest BCUT2D eigenvalue weighted by Gasteiger charge is -2.28. The molecule has 3 heterocycles. The van der Waals surface area contributed by atoms with E-state index < -0.39 is 23.5 Å². The minimum absolute atomic E-state index is 0.00823. The molecule has 0 saturated carbocycles. The number of guanidine groups is 1. The van der Waals surface area contributed by atoms with Gasteiger partial charge in [0, 0.05) is 12.2 Å². The highest BCUT2D eigenvalue weighted by Crippen LogP contribution is 2.48. The molecule has 12 heteroatoms. The normalized spacial score (nSPS) is 28.7. The third kappa shape index (κ3) is 4.09. The molecule has 1 fully saturated rings. The summed E-state index contributed by atoms with van der Waals surface area (Å²) in [6, 6.07) is 6.11. The molecule has 0 spiro atoms. The van der Waals surface area contributed by atoms with Crippen molar-refractivity contribution in [3.63, 3.8) is 0 Å². The largest absolute Gasteiger partial charge is 0.394 e. The number of imidazole rings is 1. The van der Waals surface area contributed by atoms with Crippen LogP contribution in [0.5, 0.6) is 0 Å². The summed E-state index contributed by atoms with van der Waals surface area (Å²) in [4.78, 5) is 8.38. The van der Waals surface area contributed by atoms with Crippen molar-refractivity contribution in [2.45, 2.75) is 35.7 Å². The van der Waals surface area contributed by atoms with Crippen LogP contribution >= 0.6 is 21.6 Å². The van der Waals surface area contributed by atoms with E-state index >= 15 is 0 Å². The molecule has 0 radical (unpaired) electrons. The maximum atomic E-state index is 13.0. The summed E-state index contributed by atoms with van der Waals surface area (Å²) in [5.74, 6) is 0.626. The van der Waals surface area contributed by atoms with E-state index in [2.05, 4.69) is 15.3 Å². The average Bonchev–Trinajstić information content (AvgIpc) is 3.26. The minimum atomic E-state index is -1.73. The number of nitrogens with zero attached hydrogens (tertiary/aromatic N) is 3. The number of nitrogens with one attached hydrogen (secondary N) is 1. The number of aromatic nitrogens is 2. The van der Waals surface area contributed by atoms with Gasteiger partial charge in [0.2, 0.25) is 0 Å². The fourth-order valence-corrected chi connectivity index (χ4v) is 5.52. The zero-order chi connectivity index (χ0) is 20.6. The minimum Gasteiger partial charge on any atom is -0.394 e. The van der Waals surface area contributed by atoms with Gasteiger partial charge in [0.1, 0.15) is 29.7 Å². The number of aliphatic imine (C=N–C) groups is 1. The molecule has 6 N–H and O–H groups in total. The van der Waals surface area contributed by atoms with E-state index in [1.807, 2.05) is 0 Å². The van der Waals surface area contributed by atoms with Crippen molar-refractivity contribution in [1.29, 1.82) is 0 Å². The smallest absolute Gasteiger partial charge is 0.265 e. The maximum absolute atomic E-state index is 13.0. The second-order valence-corrected chi connectivity index (χ2v) is 9.13. The Morgan fingerprint density at radius 1 is 1.38 bits per heavy atom. The summed E-state index contributed by atoms with van der Waals surface area (Å²) < 4.78 is 20.3. The Bertz CT molecular complexity index is 912. The number of aliphatic hydroxyl groups excluding tert-OH is 2. The average molecular weight is 442 g/mol. The molecular formula is C17H20FN5O4S2. The lowest BCUT2D eigenvalue weighted by molar-refractivity contribution is -0.0437.